The van der Waals surface area contributed by atoms with E-state index in [9.17, 15) is 18.0 Å². The first kappa shape index (κ1) is 14.8. The fourth-order valence-electron chi connectivity index (χ4n) is 1.59. The number of nitriles is 1. The van der Waals surface area contributed by atoms with Gasteiger partial charge in [-0.25, -0.2) is 4.79 Å². The van der Waals surface area contributed by atoms with Crippen LogP contribution < -0.4 is 5.32 Å². The number of nitrogens with one attached hydrogen (secondary N) is 1. The van der Waals surface area contributed by atoms with E-state index in [1.807, 2.05) is 5.32 Å². The van der Waals surface area contributed by atoms with Crippen molar-refractivity contribution in [1.82, 2.24) is 0 Å². The Hall–Kier alpha value is -2.23. The number of nitrogens with zero attached hydrogens (tertiary/aromatic N) is 1. The first-order valence-corrected chi connectivity index (χ1v) is 5.21. The standard InChI is InChI=1S/C12H11F3N2O2/c1-11(2,6-16)8-4-3-7(17-10(18)19)5-9(8)12(13,14)15/h3-5,17H,1-2H3,(H,18,19). The third-order valence-corrected chi connectivity index (χ3v) is 2.53. The highest BCUT2D eigenvalue weighted by Gasteiger charge is 2.38. The van der Waals surface area contributed by atoms with Crippen molar-refractivity contribution in [3.63, 3.8) is 0 Å². The minimum Gasteiger partial charge on any atom is -0.465 e. The highest BCUT2D eigenvalue weighted by atomic mass is 19.4. The van der Waals surface area contributed by atoms with Crippen molar-refractivity contribution >= 4 is 11.8 Å². The van der Waals surface area contributed by atoms with Gasteiger partial charge in [0, 0.05) is 5.69 Å². The van der Waals surface area contributed by atoms with Crippen molar-refractivity contribution in [3.8, 4) is 6.07 Å². The van der Waals surface area contributed by atoms with Gasteiger partial charge in [-0.05, 0) is 31.5 Å². The van der Waals surface area contributed by atoms with Gasteiger partial charge in [-0.2, -0.15) is 18.4 Å². The molecule has 0 aromatic heterocycles. The highest BCUT2D eigenvalue weighted by Crippen LogP contribution is 2.38. The van der Waals surface area contributed by atoms with Crippen LogP contribution in [0.1, 0.15) is 25.0 Å². The largest absolute Gasteiger partial charge is 0.465 e. The van der Waals surface area contributed by atoms with Gasteiger partial charge in [0.15, 0.2) is 0 Å². The van der Waals surface area contributed by atoms with E-state index >= 15 is 0 Å². The summed E-state index contributed by atoms with van der Waals surface area (Å²) in [6.45, 7) is 2.73. The number of hydrogen-bond donors (Lipinski definition) is 2. The van der Waals surface area contributed by atoms with Gasteiger partial charge in [-0.1, -0.05) is 6.07 Å². The zero-order valence-corrected chi connectivity index (χ0v) is 10.2. The second kappa shape index (κ2) is 4.80. The number of anilines is 1. The maximum absolute atomic E-state index is 12.9. The molecule has 4 nitrogen and oxygen atoms in total. The van der Waals surface area contributed by atoms with E-state index in [2.05, 4.69) is 0 Å². The molecule has 0 radical (unpaired) electrons. The second-order valence-electron chi connectivity index (χ2n) is 4.43. The SMILES string of the molecule is CC(C)(C#N)c1ccc(NC(=O)O)cc1C(F)(F)F. The molecule has 0 unspecified atom stereocenters. The fraction of sp³-hybridized carbons (Fsp3) is 0.333. The van der Waals surface area contributed by atoms with Crippen LogP contribution in [0.3, 0.4) is 0 Å². The Morgan fingerprint density at radius 2 is 1.89 bits per heavy atom. The van der Waals surface area contributed by atoms with Gasteiger partial charge in [0.1, 0.15) is 0 Å². The number of halogens is 3. The Balaban J connectivity index is 3.43. The lowest BCUT2D eigenvalue weighted by atomic mass is 9.83. The molecule has 19 heavy (non-hydrogen) atoms. The Labute approximate surface area is 107 Å². The molecule has 0 saturated heterocycles. The summed E-state index contributed by atoms with van der Waals surface area (Å²) in [7, 11) is 0. The summed E-state index contributed by atoms with van der Waals surface area (Å²) in [6, 6.07) is 4.78. The molecule has 0 heterocycles. The van der Waals surface area contributed by atoms with Crippen molar-refractivity contribution in [2.24, 2.45) is 0 Å². The second-order valence-corrected chi connectivity index (χ2v) is 4.43. The lowest BCUT2D eigenvalue weighted by Crippen LogP contribution is -2.21. The van der Waals surface area contributed by atoms with Crippen molar-refractivity contribution in [1.29, 1.82) is 5.26 Å². The predicted octanol–water partition coefficient (Wildman–Crippen LogP) is 3.60. The predicted molar refractivity (Wildman–Crippen MR) is 61.7 cm³/mol. The Morgan fingerprint density at radius 3 is 2.32 bits per heavy atom. The van der Waals surface area contributed by atoms with E-state index in [1.165, 1.54) is 19.9 Å². The Morgan fingerprint density at radius 1 is 1.32 bits per heavy atom. The van der Waals surface area contributed by atoms with Crippen LogP contribution in [0.15, 0.2) is 18.2 Å². The molecule has 0 fully saturated rings. The lowest BCUT2D eigenvalue weighted by Gasteiger charge is -2.22. The Kier molecular flexibility index (Phi) is 3.75. The molecule has 0 atom stereocenters. The van der Waals surface area contributed by atoms with E-state index in [0.717, 1.165) is 6.07 Å². The molecule has 0 aliphatic carbocycles. The zero-order valence-electron chi connectivity index (χ0n) is 10.2. The molecule has 0 aliphatic rings. The van der Waals surface area contributed by atoms with Crippen molar-refractivity contribution < 1.29 is 23.1 Å². The number of carboxylic acid groups (broad SMARTS) is 1. The third kappa shape index (κ3) is 3.37. The molecule has 7 heteroatoms. The summed E-state index contributed by atoms with van der Waals surface area (Å²) in [5.41, 5.74) is -2.74. The molecule has 0 aliphatic heterocycles. The first-order valence-electron chi connectivity index (χ1n) is 5.21. The monoisotopic (exact) mass is 272 g/mol. The van der Waals surface area contributed by atoms with Crippen LogP contribution in [-0.4, -0.2) is 11.2 Å². The molecular formula is C12H11F3N2O2. The molecular weight excluding hydrogens is 261 g/mol. The average molecular weight is 272 g/mol. The van der Waals surface area contributed by atoms with Crippen LogP contribution in [-0.2, 0) is 11.6 Å². The summed E-state index contributed by atoms with van der Waals surface area (Å²) in [4.78, 5) is 10.4. The summed E-state index contributed by atoms with van der Waals surface area (Å²) in [5.74, 6) is 0. The van der Waals surface area contributed by atoms with Gasteiger partial charge >= 0.3 is 12.3 Å². The third-order valence-electron chi connectivity index (χ3n) is 2.53. The summed E-state index contributed by atoms with van der Waals surface area (Å²) < 4.78 is 38.8. The van der Waals surface area contributed by atoms with Gasteiger partial charge in [0.2, 0.25) is 0 Å². The Bertz CT molecular complexity index is 545. The number of benzene rings is 1. The van der Waals surface area contributed by atoms with E-state index in [0.29, 0.717) is 6.07 Å². The fourth-order valence-corrected chi connectivity index (χ4v) is 1.59. The topological polar surface area (TPSA) is 73.1 Å². The molecule has 1 aromatic carbocycles. The van der Waals surface area contributed by atoms with E-state index < -0.39 is 23.2 Å². The van der Waals surface area contributed by atoms with Crippen molar-refractivity contribution in [3.05, 3.63) is 29.3 Å². The molecule has 0 spiro atoms. The van der Waals surface area contributed by atoms with Crippen LogP contribution >= 0.6 is 0 Å². The molecule has 1 aromatic rings. The van der Waals surface area contributed by atoms with Crippen molar-refractivity contribution in [2.45, 2.75) is 25.4 Å². The number of alkyl halides is 3. The summed E-state index contributed by atoms with van der Waals surface area (Å²) in [5, 5.41) is 19.3. The molecule has 1 rings (SSSR count). The summed E-state index contributed by atoms with van der Waals surface area (Å²) in [6.07, 6.45) is -6.12. The smallest absolute Gasteiger partial charge is 0.416 e. The molecule has 2 N–H and O–H groups in total. The van der Waals surface area contributed by atoms with E-state index in [4.69, 9.17) is 10.4 Å². The van der Waals surface area contributed by atoms with Gasteiger partial charge in [0.25, 0.3) is 0 Å². The van der Waals surface area contributed by atoms with Gasteiger partial charge < -0.3 is 5.11 Å². The maximum Gasteiger partial charge on any atom is 0.416 e. The number of amides is 1. The van der Waals surface area contributed by atoms with E-state index in [-0.39, 0.29) is 11.3 Å². The highest BCUT2D eigenvalue weighted by molar-refractivity contribution is 5.83. The summed E-state index contributed by atoms with van der Waals surface area (Å²) >= 11 is 0. The lowest BCUT2D eigenvalue weighted by molar-refractivity contribution is -0.138. The van der Waals surface area contributed by atoms with Gasteiger partial charge in [-0.15, -0.1) is 0 Å². The quantitative estimate of drug-likeness (QED) is 0.863. The molecule has 0 bridgehead atoms. The molecule has 1 amide bonds. The molecule has 0 saturated carbocycles. The van der Waals surface area contributed by atoms with Crippen LogP contribution in [0.4, 0.5) is 23.7 Å². The minimum atomic E-state index is -4.67. The first-order chi connectivity index (χ1) is 8.58. The van der Waals surface area contributed by atoms with Crippen LogP contribution in [0.5, 0.6) is 0 Å². The average Bonchev–Trinajstić information content (AvgIpc) is 2.26. The van der Waals surface area contributed by atoms with Crippen LogP contribution in [0, 0.1) is 11.3 Å². The maximum atomic E-state index is 12.9. The van der Waals surface area contributed by atoms with Gasteiger partial charge in [0.05, 0.1) is 17.0 Å². The van der Waals surface area contributed by atoms with Crippen molar-refractivity contribution in [2.75, 3.05) is 5.32 Å². The van der Waals surface area contributed by atoms with Gasteiger partial charge in [-0.3, -0.25) is 5.32 Å². The number of carbonyl (C=O) groups is 1. The van der Waals surface area contributed by atoms with Crippen LogP contribution in [0.2, 0.25) is 0 Å². The molecule has 102 valence electrons. The zero-order chi connectivity index (χ0) is 14.8. The van der Waals surface area contributed by atoms with E-state index in [1.54, 1.807) is 6.07 Å². The van der Waals surface area contributed by atoms with Crippen LogP contribution in [0.25, 0.3) is 0 Å². The minimum absolute atomic E-state index is 0.196. The number of rotatable bonds is 2. The number of hydrogen-bond acceptors (Lipinski definition) is 2. The normalized spacial score (nSPS) is 11.8.